The van der Waals surface area contributed by atoms with Gasteiger partial charge >= 0.3 is 5.97 Å². The van der Waals surface area contributed by atoms with Crippen molar-refractivity contribution in [3.8, 4) is 0 Å². The van der Waals surface area contributed by atoms with Crippen LogP contribution in [0.15, 0.2) is 12.1 Å². The van der Waals surface area contributed by atoms with E-state index in [-0.39, 0.29) is 5.56 Å². The summed E-state index contributed by atoms with van der Waals surface area (Å²) in [4.78, 5) is 10.2. The summed E-state index contributed by atoms with van der Waals surface area (Å²) in [5.74, 6) is -8.77. The quantitative estimate of drug-likeness (QED) is 0.819. The van der Waals surface area contributed by atoms with E-state index in [0.717, 1.165) is 12.1 Å². The second-order valence-corrected chi connectivity index (χ2v) is 3.38. The third-order valence-electron chi connectivity index (χ3n) is 1.93. The number of carboxylic acid groups (broad SMARTS) is 1. The molecule has 0 radical (unpaired) electrons. The normalized spacial score (nSPS) is 11.6. The fraction of sp³-hybridized carbons (Fsp3) is 0.300. The lowest BCUT2D eigenvalue weighted by molar-refractivity contribution is -0.145. The third kappa shape index (κ3) is 2.50. The van der Waals surface area contributed by atoms with Gasteiger partial charge in [0, 0.05) is 0 Å². The van der Waals surface area contributed by atoms with E-state index in [9.17, 15) is 22.4 Å². The van der Waals surface area contributed by atoms with Crippen LogP contribution in [0.5, 0.6) is 0 Å². The van der Waals surface area contributed by atoms with Gasteiger partial charge in [0.1, 0.15) is 18.1 Å². The lowest BCUT2D eigenvalue weighted by Crippen LogP contribution is -2.22. The summed E-state index contributed by atoms with van der Waals surface area (Å²) in [7, 11) is 0. The molecular formula is C10H8F4O2. The lowest BCUT2D eigenvalue weighted by atomic mass is 10.0. The first-order valence-electron chi connectivity index (χ1n) is 4.30. The Kier molecular flexibility index (Phi) is 3.21. The first-order chi connectivity index (χ1) is 7.24. The highest BCUT2D eigenvalue weighted by Crippen LogP contribution is 2.35. The molecule has 1 aromatic carbocycles. The third-order valence-corrected chi connectivity index (χ3v) is 1.93. The molecule has 16 heavy (non-hydrogen) atoms. The van der Waals surface area contributed by atoms with Crippen LogP contribution in [0.2, 0.25) is 0 Å². The summed E-state index contributed by atoms with van der Waals surface area (Å²) in [5, 5.41) is 8.22. The van der Waals surface area contributed by atoms with Gasteiger partial charge in [0.15, 0.2) is 0 Å². The van der Waals surface area contributed by atoms with Gasteiger partial charge in [0.2, 0.25) is 0 Å². The first kappa shape index (κ1) is 12.5. The maximum absolute atomic E-state index is 13.2. The molecule has 0 atom stereocenters. The zero-order valence-electron chi connectivity index (χ0n) is 8.23. The molecule has 1 N–H and O–H groups in total. The van der Waals surface area contributed by atoms with Gasteiger partial charge < -0.3 is 5.11 Å². The van der Waals surface area contributed by atoms with Crippen molar-refractivity contribution in [3.05, 3.63) is 34.9 Å². The van der Waals surface area contributed by atoms with Crippen LogP contribution in [0.4, 0.5) is 17.6 Å². The van der Waals surface area contributed by atoms with Crippen LogP contribution in [-0.4, -0.2) is 11.1 Å². The average Bonchev–Trinajstić information content (AvgIpc) is 1.96. The molecule has 0 saturated carbocycles. The minimum atomic E-state index is -4.06. The molecule has 0 saturated heterocycles. The molecule has 1 aromatic rings. The maximum Gasteiger partial charge on any atom is 0.309 e. The van der Waals surface area contributed by atoms with Crippen molar-refractivity contribution in [1.82, 2.24) is 0 Å². The molecule has 0 aromatic heterocycles. The molecule has 0 fully saturated rings. The Morgan fingerprint density at radius 3 is 2.12 bits per heavy atom. The molecule has 6 heteroatoms. The predicted octanol–water partition coefficient (Wildman–Crippen LogP) is 2.84. The van der Waals surface area contributed by atoms with E-state index in [0.29, 0.717) is 0 Å². The van der Waals surface area contributed by atoms with Crippen molar-refractivity contribution in [2.24, 2.45) is 0 Å². The number of alkyl halides is 2. The average molecular weight is 236 g/mol. The summed E-state index contributed by atoms with van der Waals surface area (Å²) < 4.78 is 52.7. The predicted molar refractivity (Wildman–Crippen MR) is 47.2 cm³/mol. The van der Waals surface area contributed by atoms with Crippen molar-refractivity contribution < 1.29 is 27.5 Å². The Morgan fingerprint density at radius 1 is 1.31 bits per heavy atom. The number of carboxylic acids is 1. The second-order valence-electron chi connectivity index (χ2n) is 3.38. The van der Waals surface area contributed by atoms with Gasteiger partial charge in [-0.3, -0.25) is 4.79 Å². The first-order valence-corrected chi connectivity index (χ1v) is 4.30. The highest BCUT2D eigenvalue weighted by Gasteiger charge is 2.40. The number of benzene rings is 1. The van der Waals surface area contributed by atoms with Gasteiger partial charge in [-0.05, 0) is 24.6 Å². The van der Waals surface area contributed by atoms with E-state index in [1.807, 2.05) is 0 Å². The van der Waals surface area contributed by atoms with Crippen LogP contribution in [0, 0.1) is 18.6 Å². The van der Waals surface area contributed by atoms with Crippen molar-refractivity contribution in [2.75, 3.05) is 0 Å². The van der Waals surface area contributed by atoms with Crippen LogP contribution in [0.25, 0.3) is 0 Å². The molecule has 1 rings (SSSR count). The van der Waals surface area contributed by atoms with Crippen molar-refractivity contribution in [1.29, 1.82) is 0 Å². The van der Waals surface area contributed by atoms with E-state index in [4.69, 9.17) is 5.11 Å². The topological polar surface area (TPSA) is 37.3 Å². The molecule has 2 nitrogen and oxygen atoms in total. The van der Waals surface area contributed by atoms with Gasteiger partial charge in [-0.15, -0.1) is 0 Å². The molecular weight excluding hydrogens is 228 g/mol. The number of aliphatic carboxylic acids is 1. The number of aryl methyl sites for hydroxylation is 1. The Hall–Kier alpha value is -1.59. The molecule has 88 valence electrons. The summed E-state index contributed by atoms with van der Waals surface area (Å²) in [6, 6.07) is 1.46. The maximum atomic E-state index is 13.2. The summed E-state index contributed by atoms with van der Waals surface area (Å²) in [6.07, 6.45) is -1.65. The van der Waals surface area contributed by atoms with Gasteiger partial charge in [-0.1, -0.05) is 0 Å². The number of carbonyl (C=O) groups is 1. The Balaban J connectivity index is 3.27. The molecule has 0 heterocycles. The van der Waals surface area contributed by atoms with Crippen molar-refractivity contribution >= 4 is 5.97 Å². The number of halogens is 4. The van der Waals surface area contributed by atoms with Gasteiger partial charge in [-0.25, -0.2) is 17.6 Å². The Labute approximate surface area is 88.5 Å². The van der Waals surface area contributed by atoms with E-state index in [1.54, 1.807) is 0 Å². The van der Waals surface area contributed by atoms with Crippen molar-refractivity contribution in [3.63, 3.8) is 0 Å². The number of rotatable bonds is 3. The lowest BCUT2D eigenvalue weighted by Gasteiger charge is -2.16. The second kappa shape index (κ2) is 4.11. The Morgan fingerprint density at radius 2 is 1.75 bits per heavy atom. The molecule has 0 bridgehead atoms. The highest BCUT2D eigenvalue weighted by molar-refractivity contribution is 5.68. The number of hydrogen-bond donors (Lipinski definition) is 1. The van der Waals surface area contributed by atoms with Gasteiger partial charge in [-0.2, -0.15) is 0 Å². The Bertz CT molecular complexity index is 406. The molecule has 0 spiro atoms. The summed E-state index contributed by atoms with van der Waals surface area (Å²) in [5.41, 5.74) is -1.36. The molecule has 0 aliphatic carbocycles. The molecule has 0 amide bonds. The van der Waals surface area contributed by atoms with E-state index >= 15 is 0 Å². The summed E-state index contributed by atoms with van der Waals surface area (Å²) >= 11 is 0. The fourth-order valence-electron chi connectivity index (χ4n) is 1.33. The van der Waals surface area contributed by atoms with Crippen LogP contribution < -0.4 is 0 Å². The SMILES string of the molecule is Cc1cc(F)c(C(F)(F)CC(=O)O)c(F)c1. The van der Waals surface area contributed by atoms with E-state index in [2.05, 4.69) is 0 Å². The minimum Gasteiger partial charge on any atom is -0.481 e. The monoisotopic (exact) mass is 236 g/mol. The van der Waals surface area contributed by atoms with Gasteiger partial charge in [0.05, 0.1) is 5.56 Å². The van der Waals surface area contributed by atoms with Crippen LogP contribution in [0.3, 0.4) is 0 Å². The highest BCUT2D eigenvalue weighted by atomic mass is 19.3. The minimum absolute atomic E-state index is 0.143. The standard InChI is InChI=1S/C10H8F4O2/c1-5-2-6(11)9(7(12)3-5)10(13,14)4-8(15)16/h2-3H,4H2,1H3,(H,15,16). The molecule has 0 unspecified atom stereocenters. The van der Waals surface area contributed by atoms with Gasteiger partial charge in [0.25, 0.3) is 5.92 Å². The fourth-order valence-corrected chi connectivity index (χ4v) is 1.33. The zero-order valence-corrected chi connectivity index (χ0v) is 8.23. The van der Waals surface area contributed by atoms with E-state index in [1.165, 1.54) is 6.92 Å². The largest absolute Gasteiger partial charge is 0.481 e. The summed E-state index contributed by atoms with van der Waals surface area (Å²) in [6.45, 7) is 1.34. The van der Waals surface area contributed by atoms with Crippen LogP contribution in [-0.2, 0) is 10.7 Å². The number of hydrogen-bond acceptors (Lipinski definition) is 1. The van der Waals surface area contributed by atoms with Crippen LogP contribution in [0.1, 0.15) is 17.5 Å². The van der Waals surface area contributed by atoms with Crippen molar-refractivity contribution in [2.45, 2.75) is 19.3 Å². The van der Waals surface area contributed by atoms with E-state index < -0.39 is 35.5 Å². The van der Waals surface area contributed by atoms with Crippen LogP contribution >= 0.6 is 0 Å². The smallest absolute Gasteiger partial charge is 0.309 e. The molecule has 0 aliphatic rings. The zero-order chi connectivity index (χ0) is 12.5. The molecule has 0 aliphatic heterocycles.